The molecule has 0 bridgehead atoms. The fourth-order valence-electron chi connectivity index (χ4n) is 1.63. The molecular formula is C12H13N3O3. The Morgan fingerprint density at radius 1 is 1.44 bits per heavy atom. The lowest BCUT2D eigenvalue weighted by Gasteiger charge is -2.07. The zero-order chi connectivity index (χ0) is 13.3. The van der Waals surface area contributed by atoms with Crippen molar-refractivity contribution in [1.29, 1.82) is 0 Å². The van der Waals surface area contributed by atoms with Gasteiger partial charge in [-0.15, -0.1) is 0 Å². The van der Waals surface area contributed by atoms with Crippen molar-refractivity contribution in [1.82, 2.24) is 14.8 Å². The van der Waals surface area contributed by atoms with Crippen LogP contribution < -0.4 is 4.74 Å². The Morgan fingerprint density at radius 2 is 2.17 bits per heavy atom. The molecule has 2 aromatic rings. The van der Waals surface area contributed by atoms with E-state index in [1.807, 2.05) is 6.92 Å². The van der Waals surface area contributed by atoms with Gasteiger partial charge in [-0.25, -0.2) is 9.78 Å². The standard InChI is InChI=1S/C12H13N3O3/c1-7-10(8(2)15(3)14-7)18-11-9(12(16)17)5-4-6-13-11/h4-6H,1-3H3,(H,16,17). The second-order valence-corrected chi connectivity index (χ2v) is 3.89. The van der Waals surface area contributed by atoms with E-state index in [1.54, 1.807) is 24.7 Å². The molecule has 6 nitrogen and oxygen atoms in total. The van der Waals surface area contributed by atoms with Crippen LogP contribution in [0.25, 0.3) is 0 Å². The number of rotatable bonds is 3. The number of carbonyl (C=O) groups is 1. The summed E-state index contributed by atoms with van der Waals surface area (Å²) in [6.07, 6.45) is 1.49. The third-order valence-corrected chi connectivity index (χ3v) is 2.64. The zero-order valence-corrected chi connectivity index (χ0v) is 10.3. The highest BCUT2D eigenvalue weighted by atomic mass is 16.5. The largest absolute Gasteiger partial charge is 0.477 e. The van der Waals surface area contributed by atoms with E-state index in [0.717, 1.165) is 5.69 Å². The second kappa shape index (κ2) is 4.48. The summed E-state index contributed by atoms with van der Waals surface area (Å²) in [4.78, 5) is 15.0. The number of hydrogen-bond donors (Lipinski definition) is 1. The highest BCUT2D eigenvalue weighted by Gasteiger charge is 2.17. The number of hydrogen-bond acceptors (Lipinski definition) is 4. The molecule has 0 aliphatic heterocycles. The van der Waals surface area contributed by atoms with Crippen LogP contribution in [0.1, 0.15) is 21.7 Å². The zero-order valence-electron chi connectivity index (χ0n) is 10.3. The summed E-state index contributed by atoms with van der Waals surface area (Å²) >= 11 is 0. The van der Waals surface area contributed by atoms with E-state index in [4.69, 9.17) is 9.84 Å². The van der Waals surface area contributed by atoms with Gasteiger partial charge in [0.15, 0.2) is 5.75 Å². The molecule has 0 unspecified atom stereocenters. The molecule has 2 rings (SSSR count). The highest BCUT2D eigenvalue weighted by Crippen LogP contribution is 2.28. The normalized spacial score (nSPS) is 10.4. The third-order valence-electron chi connectivity index (χ3n) is 2.64. The van der Waals surface area contributed by atoms with E-state index >= 15 is 0 Å². The Balaban J connectivity index is 2.43. The molecule has 0 aliphatic rings. The summed E-state index contributed by atoms with van der Waals surface area (Å²) in [5, 5.41) is 13.2. The minimum Gasteiger partial charge on any atom is -0.477 e. The monoisotopic (exact) mass is 247 g/mol. The van der Waals surface area contributed by atoms with Gasteiger partial charge in [0.25, 0.3) is 0 Å². The van der Waals surface area contributed by atoms with Gasteiger partial charge in [-0.2, -0.15) is 5.10 Å². The van der Waals surface area contributed by atoms with E-state index in [-0.39, 0.29) is 11.4 Å². The molecule has 0 fully saturated rings. The maximum Gasteiger partial charge on any atom is 0.341 e. The van der Waals surface area contributed by atoms with Crippen LogP contribution >= 0.6 is 0 Å². The van der Waals surface area contributed by atoms with Gasteiger partial charge in [-0.1, -0.05) is 0 Å². The van der Waals surface area contributed by atoms with Crippen molar-refractivity contribution in [3.8, 4) is 11.6 Å². The van der Waals surface area contributed by atoms with Crippen LogP contribution in [0.5, 0.6) is 11.6 Å². The number of aromatic nitrogens is 3. The number of nitrogens with zero attached hydrogens (tertiary/aromatic N) is 3. The number of aryl methyl sites for hydroxylation is 2. The summed E-state index contributed by atoms with van der Waals surface area (Å²) in [6, 6.07) is 3.00. The molecule has 18 heavy (non-hydrogen) atoms. The first-order valence-electron chi connectivity index (χ1n) is 5.37. The predicted molar refractivity (Wildman–Crippen MR) is 64.0 cm³/mol. The minimum absolute atomic E-state index is 0.0279. The molecule has 0 atom stereocenters. The average molecular weight is 247 g/mol. The van der Waals surface area contributed by atoms with E-state index in [2.05, 4.69) is 10.1 Å². The maximum absolute atomic E-state index is 11.0. The molecule has 0 saturated carbocycles. The molecule has 94 valence electrons. The van der Waals surface area contributed by atoms with Gasteiger partial charge in [0.1, 0.15) is 11.3 Å². The quantitative estimate of drug-likeness (QED) is 0.896. The lowest BCUT2D eigenvalue weighted by atomic mass is 10.3. The van der Waals surface area contributed by atoms with Crippen LogP contribution in [0.15, 0.2) is 18.3 Å². The average Bonchev–Trinajstić information content (AvgIpc) is 2.56. The van der Waals surface area contributed by atoms with Crippen LogP contribution in [0.3, 0.4) is 0 Å². The van der Waals surface area contributed by atoms with Gasteiger partial charge in [0.05, 0.1) is 5.69 Å². The molecule has 2 aromatic heterocycles. The van der Waals surface area contributed by atoms with E-state index in [0.29, 0.717) is 11.4 Å². The van der Waals surface area contributed by atoms with Crippen molar-refractivity contribution in [2.24, 2.45) is 7.05 Å². The first-order chi connectivity index (χ1) is 8.50. The molecule has 1 N–H and O–H groups in total. The van der Waals surface area contributed by atoms with E-state index in [1.165, 1.54) is 12.3 Å². The summed E-state index contributed by atoms with van der Waals surface area (Å²) in [5.74, 6) is -0.458. The number of aromatic carboxylic acids is 1. The lowest BCUT2D eigenvalue weighted by Crippen LogP contribution is -2.02. The van der Waals surface area contributed by atoms with Crippen LogP contribution in [-0.2, 0) is 7.05 Å². The first-order valence-corrected chi connectivity index (χ1v) is 5.37. The third kappa shape index (κ3) is 2.04. The molecule has 0 radical (unpaired) electrons. The molecule has 0 amide bonds. The smallest absolute Gasteiger partial charge is 0.341 e. The molecule has 0 saturated heterocycles. The van der Waals surface area contributed by atoms with Crippen molar-refractivity contribution < 1.29 is 14.6 Å². The maximum atomic E-state index is 11.0. The molecular weight excluding hydrogens is 234 g/mol. The van der Waals surface area contributed by atoms with E-state index in [9.17, 15) is 4.79 Å². The van der Waals surface area contributed by atoms with Gasteiger partial charge in [-0.3, -0.25) is 4.68 Å². The second-order valence-electron chi connectivity index (χ2n) is 3.89. The van der Waals surface area contributed by atoms with Gasteiger partial charge in [-0.05, 0) is 26.0 Å². The van der Waals surface area contributed by atoms with Gasteiger partial charge < -0.3 is 9.84 Å². The van der Waals surface area contributed by atoms with Gasteiger partial charge >= 0.3 is 5.97 Å². The lowest BCUT2D eigenvalue weighted by molar-refractivity contribution is 0.0693. The molecule has 0 spiro atoms. The Bertz CT molecular complexity index is 605. The van der Waals surface area contributed by atoms with Gasteiger partial charge in [0, 0.05) is 13.2 Å². The van der Waals surface area contributed by atoms with Crippen LogP contribution in [-0.4, -0.2) is 25.8 Å². The fourth-order valence-corrected chi connectivity index (χ4v) is 1.63. The van der Waals surface area contributed by atoms with Crippen molar-refractivity contribution in [3.05, 3.63) is 35.3 Å². The number of pyridine rings is 1. The Labute approximate surface area is 104 Å². The SMILES string of the molecule is Cc1nn(C)c(C)c1Oc1ncccc1C(=O)O. The van der Waals surface area contributed by atoms with Crippen molar-refractivity contribution in [2.45, 2.75) is 13.8 Å². The van der Waals surface area contributed by atoms with Crippen molar-refractivity contribution in [3.63, 3.8) is 0 Å². The van der Waals surface area contributed by atoms with Crippen LogP contribution in [0.2, 0.25) is 0 Å². The number of carboxylic acids is 1. The highest BCUT2D eigenvalue weighted by molar-refractivity contribution is 5.90. The predicted octanol–water partition coefficient (Wildman–Crippen LogP) is 1.92. The van der Waals surface area contributed by atoms with Gasteiger partial charge in [0.2, 0.25) is 5.88 Å². The summed E-state index contributed by atoms with van der Waals surface area (Å²) in [6.45, 7) is 3.64. The summed E-state index contributed by atoms with van der Waals surface area (Å²) in [5.41, 5.74) is 1.53. The van der Waals surface area contributed by atoms with E-state index < -0.39 is 5.97 Å². The fraction of sp³-hybridized carbons (Fsp3) is 0.250. The minimum atomic E-state index is -1.07. The number of ether oxygens (including phenoxy) is 1. The Kier molecular flexibility index (Phi) is 3.01. The molecule has 6 heteroatoms. The molecule has 0 aliphatic carbocycles. The molecule has 0 aromatic carbocycles. The van der Waals surface area contributed by atoms with Crippen molar-refractivity contribution >= 4 is 5.97 Å². The van der Waals surface area contributed by atoms with Crippen LogP contribution in [0, 0.1) is 13.8 Å². The molecule has 2 heterocycles. The Morgan fingerprint density at radius 3 is 2.72 bits per heavy atom. The topological polar surface area (TPSA) is 77.2 Å². The first kappa shape index (κ1) is 12.1. The number of carboxylic acid groups (broad SMARTS) is 1. The summed E-state index contributed by atoms with van der Waals surface area (Å²) in [7, 11) is 1.80. The summed E-state index contributed by atoms with van der Waals surface area (Å²) < 4.78 is 7.25. The Hall–Kier alpha value is -2.37. The van der Waals surface area contributed by atoms with Crippen molar-refractivity contribution in [2.75, 3.05) is 0 Å². The van der Waals surface area contributed by atoms with Crippen LogP contribution in [0.4, 0.5) is 0 Å².